The number of nitro groups is 1. The maximum Gasteiger partial charge on any atom is 0.338 e. The topological polar surface area (TPSA) is 119 Å². The van der Waals surface area contributed by atoms with E-state index in [1.807, 2.05) is 0 Å². The Labute approximate surface area is 166 Å². The highest BCUT2D eigenvalue weighted by atomic mass is 16.6. The zero-order valence-corrected chi connectivity index (χ0v) is 15.7. The maximum absolute atomic E-state index is 12.3. The van der Waals surface area contributed by atoms with Gasteiger partial charge in [0.2, 0.25) is 5.91 Å². The Morgan fingerprint density at radius 1 is 1.24 bits per heavy atom. The zero-order valence-electron chi connectivity index (χ0n) is 15.7. The lowest BCUT2D eigenvalue weighted by molar-refractivity contribution is -0.384. The Morgan fingerprint density at radius 2 is 2.03 bits per heavy atom. The number of nitrogens with one attached hydrogen (secondary N) is 1. The van der Waals surface area contributed by atoms with E-state index in [4.69, 9.17) is 4.74 Å². The van der Waals surface area contributed by atoms with Crippen LogP contribution >= 0.6 is 0 Å². The third kappa shape index (κ3) is 4.75. The van der Waals surface area contributed by atoms with Crippen LogP contribution in [0.25, 0.3) is 0 Å². The van der Waals surface area contributed by atoms with Crippen LogP contribution in [-0.4, -0.2) is 35.9 Å². The molecule has 0 aliphatic carbocycles. The summed E-state index contributed by atoms with van der Waals surface area (Å²) in [6.45, 7) is 1.72. The lowest BCUT2D eigenvalue weighted by Crippen LogP contribution is -2.24. The van der Waals surface area contributed by atoms with Gasteiger partial charge in [-0.15, -0.1) is 0 Å². The molecule has 1 fully saturated rings. The lowest BCUT2D eigenvalue weighted by Gasteiger charge is -2.16. The van der Waals surface area contributed by atoms with Crippen molar-refractivity contribution in [2.45, 2.75) is 19.8 Å². The summed E-state index contributed by atoms with van der Waals surface area (Å²) in [5, 5.41) is 13.3. The molecular weight excluding hydrogens is 378 g/mol. The molecule has 1 saturated heterocycles. The second kappa shape index (κ2) is 8.51. The summed E-state index contributed by atoms with van der Waals surface area (Å²) in [5.41, 5.74) is 1.69. The molecule has 150 valence electrons. The van der Waals surface area contributed by atoms with Crippen LogP contribution in [0.3, 0.4) is 0 Å². The minimum absolute atomic E-state index is 0.00774. The molecule has 0 saturated carbocycles. The van der Waals surface area contributed by atoms with Crippen LogP contribution in [0, 0.1) is 17.0 Å². The zero-order chi connectivity index (χ0) is 21.0. The van der Waals surface area contributed by atoms with Crippen LogP contribution in [0.15, 0.2) is 42.5 Å². The number of esters is 1. The largest absolute Gasteiger partial charge is 0.452 e. The number of anilines is 2. The molecule has 1 heterocycles. The van der Waals surface area contributed by atoms with Gasteiger partial charge >= 0.3 is 5.97 Å². The molecule has 0 atom stereocenters. The molecule has 0 aromatic heterocycles. The number of aryl methyl sites for hydroxylation is 1. The quantitative estimate of drug-likeness (QED) is 0.455. The van der Waals surface area contributed by atoms with Gasteiger partial charge in [0.1, 0.15) is 0 Å². The average Bonchev–Trinajstić information content (AvgIpc) is 3.13. The molecule has 1 aliphatic rings. The van der Waals surface area contributed by atoms with Crippen molar-refractivity contribution in [2.24, 2.45) is 0 Å². The number of hydrogen-bond donors (Lipinski definition) is 1. The highest BCUT2D eigenvalue weighted by Crippen LogP contribution is 2.23. The number of hydrogen-bond acceptors (Lipinski definition) is 6. The Kier molecular flexibility index (Phi) is 5.87. The van der Waals surface area contributed by atoms with Gasteiger partial charge < -0.3 is 15.0 Å². The first-order valence-electron chi connectivity index (χ1n) is 8.97. The predicted molar refractivity (Wildman–Crippen MR) is 105 cm³/mol. The average molecular weight is 397 g/mol. The number of nitro benzene ring substituents is 1. The van der Waals surface area contributed by atoms with Gasteiger partial charge in [0, 0.05) is 36.5 Å². The molecule has 2 amide bonds. The van der Waals surface area contributed by atoms with Gasteiger partial charge in [-0.25, -0.2) is 4.79 Å². The molecule has 2 aromatic rings. The summed E-state index contributed by atoms with van der Waals surface area (Å²) in [6, 6.07) is 10.5. The molecule has 9 nitrogen and oxygen atoms in total. The Bertz CT molecular complexity index is 988. The smallest absolute Gasteiger partial charge is 0.338 e. The molecule has 0 unspecified atom stereocenters. The molecule has 1 aliphatic heterocycles. The SMILES string of the molecule is Cc1cc([N+](=O)[O-])ccc1NC(=O)COC(=O)c1cccc(N2CCCC2=O)c1. The molecule has 1 N–H and O–H groups in total. The number of nitrogens with zero attached hydrogens (tertiary/aromatic N) is 2. The van der Waals surface area contributed by atoms with Gasteiger partial charge in [0.25, 0.3) is 11.6 Å². The summed E-state index contributed by atoms with van der Waals surface area (Å²) in [4.78, 5) is 48.0. The van der Waals surface area contributed by atoms with Crippen LogP contribution in [0.1, 0.15) is 28.8 Å². The third-order valence-corrected chi connectivity index (χ3v) is 4.50. The molecule has 0 spiro atoms. The fourth-order valence-electron chi connectivity index (χ4n) is 3.02. The van der Waals surface area contributed by atoms with Crippen molar-refractivity contribution in [3.63, 3.8) is 0 Å². The van der Waals surface area contributed by atoms with Gasteiger partial charge in [0.05, 0.1) is 10.5 Å². The van der Waals surface area contributed by atoms with Gasteiger partial charge in [-0.1, -0.05) is 6.07 Å². The van der Waals surface area contributed by atoms with Crippen molar-refractivity contribution in [2.75, 3.05) is 23.4 Å². The number of non-ortho nitro benzene ring substituents is 1. The van der Waals surface area contributed by atoms with Gasteiger partial charge in [-0.3, -0.25) is 19.7 Å². The van der Waals surface area contributed by atoms with Crippen LogP contribution in [-0.2, 0) is 14.3 Å². The Hall–Kier alpha value is -3.75. The molecule has 0 radical (unpaired) electrons. The van der Waals surface area contributed by atoms with E-state index in [0.29, 0.717) is 29.9 Å². The van der Waals surface area contributed by atoms with E-state index in [2.05, 4.69) is 5.32 Å². The molecule has 3 rings (SSSR count). The Balaban J connectivity index is 1.58. The second-order valence-corrected chi connectivity index (χ2v) is 6.58. The van der Waals surface area contributed by atoms with Crippen LogP contribution < -0.4 is 10.2 Å². The van der Waals surface area contributed by atoms with E-state index in [9.17, 15) is 24.5 Å². The minimum Gasteiger partial charge on any atom is -0.452 e. The normalized spacial score (nSPS) is 13.3. The fourth-order valence-corrected chi connectivity index (χ4v) is 3.02. The van der Waals surface area contributed by atoms with Crippen LogP contribution in [0.4, 0.5) is 17.1 Å². The summed E-state index contributed by atoms with van der Waals surface area (Å²) in [5.74, 6) is -1.25. The molecule has 29 heavy (non-hydrogen) atoms. The van der Waals surface area contributed by atoms with E-state index >= 15 is 0 Å². The highest BCUT2D eigenvalue weighted by Gasteiger charge is 2.22. The van der Waals surface area contributed by atoms with Crippen molar-refractivity contribution >= 4 is 34.8 Å². The first-order valence-corrected chi connectivity index (χ1v) is 8.97. The number of amides is 2. The van der Waals surface area contributed by atoms with Gasteiger partial charge in [-0.05, 0) is 43.2 Å². The van der Waals surface area contributed by atoms with E-state index in [1.54, 1.807) is 36.1 Å². The van der Waals surface area contributed by atoms with E-state index in [1.165, 1.54) is 18.2 Å². The monoisotopic (exact) mass is 397 g/mol. The van der Waals surface area contributed by atoms with Crippen molar-refractivity contribution in [1.82, 2.24) is 0 Å². The second-order valence-electron chi connectivity index (χ2n) is 6.58. The van der Waals surface area contributed by atoms with E-state index in [0.717, 1.165) is 6.42 Å². The third-order valence-electron chi connectivity index (χ3n) is 4.50. The summed E-state index contributed by atoms with van der Waals surface area (Å²) < 4.78 is 5.05. The van der Waals surface area contributed by atoms with Crippen LogP contribution in [0.5, 0.6) is 0 Å². The van der Waals surface area contributed by atoms with Crippen molar-refractivity contribution in [3.05, 3.63) is 63.7 Å². The maximum atomic E-state index is 12.3. The lowest BCUT2D eigenvalue weighted by atomic mass is 10.2. The summed E-state index contributed by atoms with van der Waals surface area (Å²) in [7, 11) is 0. The number of rotatable bonds is 6. The molecule has 0 bridgehead atoms. The Morgan fingerprint density at radius 3 is 2.69 bits per heavy atom. The fraction of sp³-hybridized carbons (Fsp3) is 0.250. The van der Waals surface area contributed by atoms with Gasteiger partial charge in [0.15, 0.2) is 6.61 Å². The van der Waals surface area contributed by atoms with E-state index < -0.39 is 23.4 Å². The summed E-state index contributed by atoms with van der Waals surface area (Å²) >= 11 is 0. The minimum atomic E-state index is -0.686. The molecular formula is C20H19N3O6. The number of carbonyl (C=O) groups is 3. The van der Waals surface area contributed by atoms with E-state index in [-0.39, 0.29) is 17.2 Å². The molecule has 9 heteroatoms. The highest BCUT2D eigenvalue weighted by molar-refractivity contribution is 5.98. The summed E-state index contributed by atoms with van der Waals surface area (Å²) in [6.07, 6.45) is 1.26. The number of ether oxygens (including phenoxy) is 1. The standard InChI is InChI=1S/C20H19N3O6/c1-13-10-16(23(27)28)7-8-17(13)21-18(24)12-29-20(26)14-4-2-5-15(11-14)22-9-3-6-19(22)25/h2,4-5,7-8,10-11H,3,6,9,12H2,1H3,(H,21,24). The van der Waals surface area contributed by atoms with Crippen molar-refractivity contribution in [1.29, 1.82) is 0 Å². The predicted octanol–water partition coefficient (Wildman–Crippen LogP) is 2.83. The molecule has 2 aromatic carbocycles. The van der Waals surface area contributed by atoms with Crippen molar-refractivity contribution in [3.8, 4) is 0 Å². The number of benzene rings is 2. The first kappa shape index (κ1) is 20.0. The van der Waals surface area contributed by atoms with Crippen molar-refractivity contribution < 1.29 is 24.0 Å². The first-order chi connectivity index (χ1) is 13.8. The van der Waals surface area contributed by atoms with Gasteiger partial charge in [-0.2, -0.15) is 0 Å². The number of carbonyl (C=O) groups excluding carboxylic acids is 3. The van der Waals surface area contributed by atoms with Crippen LogP contribution in [0.2, 0.25) is 0 Å².